The van der Waals surface area contributed by atoms with E-state index in [0.29, 0.717) is 6.41 Å². The second-order valence-electron chi connectivity index (χ2n) is 13.1. The fraction of sp³-hybridized carbons (Fsp3) is 0.267. The van der Waals surface area contributed by atoms with E-state index < -0.39 is 8.16 Å². The maximum absolute atomic E-state index is 12.2. The van der Waals surface area contributed by atoms with Crippen molar-refractivity contribution in [1.82, 2.24) is 0 Å². The summed E-state index contributed by atoms with van der Waals surface area (Å²) >= 11 is 0. The maximum atomic E-state index is 12.2. The monoisotopic (exact) mass is 679 g/mol. The van der Waals surface area contributed by atoms with Crippen LogP contribution in [0, 0.1) is 0 Å². The van der Waals surface area contributed by atoms with E-state index >= 15 is 0 Å². The number of nitrogens with one attached hydrogen (secondary N) is 1. The molecule has 0 fully saturated rings. The summed E-state index contributed by atoms with van der Waals surface area (Å²) in [6, 6.07) is 31.2. The number of aryl methyl sites for hydroxylation is 6. The predicted octanol–water partition coefficient (Wildman–Crippen LogP) is 13.0. The minimum atomic E-state index is -1.89. The summed E-state index contributed by atoms with van der Waals surface area (Å²) in [6.45, 7) is 13.4. The number of carbonyl (C=O) groups excluding carboxylic acids is 1. The first-order valence-corrected chi connectivity index (χ1v) is 19.4. The topological polar surface area (TPSA) is 55.4 Å². The normalized spacial score (nSPS) is 11.6. The van der Waals surface area contributed by atoms with Gasteiger partial charge in [-0.3, -0.25) is 9.88 Å². The Kier molecular flexibility index (Phi) is 9.58. The van der Waals surface area contributed by atoms with Crippen LogP contribution in [0.5, 0.6) is 0 Å². The smallest absolute Gasteiger partial charge is 0.340 e. The van der Waals surface area contributed by atoms with Gasteiger partial charge in [0.25, 0.3) is 0 Å². The van der Waals surface area contributed by atoms with Crippen LogP contribution in [0.25, 0.3) is 65.7 Å². The van der Waals surface area contributed by atoms with Gasteiger partial charge in [-0.05, 0) is 117 Å². The molecule has 50 heavy (non-hydrogen) atoms. The van der Waals surface area contributed by atoms with Crippen LogP contribution >= 0.6 is 8.16 Å². The molecule has 0 radical (unpaired) electrons. The highest BCUT2D eigenvalue weighted by Gasteiger charge is 2.24. The molecule has 7 rings (SSSR count). The van der Waals surface area contributed by atoms with Crippen molar-refractivity contribution in [3.63, 3.8) is 0 Å². The van der Waals surface area contributed by atoms with Gasteiger partial charge in [-0.15, -0.1) is 0 Å². The molecular weight excluding hydrogens is 633 g/mol. The van der Waals surface area contributed by atoms with Gasteiger partial charge in [-0.1, -0.05) is 114 Å². The lowest BCUT2D eigenvalue weighted by Gasteiger charge is -2.19. The standard InChI is InChI=1S/C45H46NO3P/c1-7-28-21-30(9-3)40(31(10-4)22-28)38-25-34-17-13-15-19-36(34)42-43-37-20-16-14-18-35(37)26-39(45(43)49-50(46-27-47)48-44(38)42)41-32(11-5)23-29(8-2)24-33(41)12-6/h13-27H,7-12H2,1-6H3,(H,46,47). The van der Waals surface area contributed by atoms with Crippen molar-refractivity contribution in [1.29, 1.82) is 0 Å². The van der Waals surface area contributed by atoms with Gasteiger partial charge < -0.3 is 8.39 Å². The molecule has 254 valence electrons. The van der Waals surface area contributed by atoms with E-state index in [2.05, 4.69) is 132 Å². The second kappa shape index (κ2) is 14.2. The zero-order valence-corrected chi connectivity index (χ0v) is 31.0. The molecule has 1 heterocycles. The van der Waals surface area contributed by atoms with Crippen molar-refractivity contribution < 1.29 is 13.2 Å². The van der Waals surface area contributed by atoms with Crippen molar-refractivity contribution in [2.75, 3.05) is 5.09 Å². The molecule has 0 unspecified atom stereocenters. The highest BCUT2D eigenvalue weighted by molar-refractivity contribution is 7.39. The van der Waals surface area contributed by atoms with E-state index in [4.69, 9.17) is 8.39 Å². The summed E-state index contributed by atoms with van der Waals surface area (Å²) < 4.78 is 14.0. The molecule has 1 aromatic heterocycles. The van der Waals surface area contributed by atoms with Gasteiger partial charge in [-0.2, -0.15) is 0 Å². The minimum absolute atomic E-state index is 0.702. The minimum Gasteiger partial charge on any atom is -0.403 e. The van der Waals surface area contributed by atoms with Crippen LogP contribution in [0.1, 0.15) is 74.9 Å². The van der Waals surface area contributed by atoms with Gasteiger partial charge in [0.1, 0.15) is 0 Å². The third-order valence-electron chi connectivity index (χ3n) is 10.4. The molecular formula is C45H46NO3P. The van der Waals surface area contributed by atoms with Crippen LogP contribution in [0.3, 0.4) is 0 Å². The third-order valence-corrected chi connectivity index (χ3v) is 11.4. The van der Waals surface area contributed by atoms with E-state index in [0.717, 1.165) is 93.1 Å². The molecule has 0 spiro atoms. The van der Waals surface area contributed by atoms with Gasteiger partial charge >= 0.3 is 8.16 Å². The molecule has 0 saturated heterocycles. The number of benzene rings is 6. The van der Waals surface area contributed by atoms with E-state index in [1.165, 1.54) is 44.5 Å². The van der Waals surface area contributed by atoms with Crippen molar-refractivity contribution in [2.45, 2.75) is 80.1 Å². The van der Waals surface area contributed by atoms with Crippen molar-refractivity contribution in [3.8, 4) is 22.3 Å². The summed E-state index contributed by atoms with van der Waals surface area (Å²) in [4.78, 5) is 12.2. The highest BCUT2D eigenvalue weighted by Crippen LogP contribution is 2.48. The summed E-state index contributed by atoms with van der Waals surface area (Å²) in [5.41, 5.74) is 13.9. The molecule has 0 aliphatic heterocycles. The molecule has 0 aliphatic carbocycles. The van der Waals surface area contributed by atoms with Crippen molar-refractivity contribution in [2.24, 2.45) is 0 Å². The van der Waals surface area contributed by atoms with Gasteiger partial charge in [0, 0.05) is 21.9 Å². The lowest BCUT2D eigenvalue weighted by molar-refractivity contribution is -0.105. The molecule has 4 nitrogen and oxygen atoms in total. The molecule has 0 saturated carbocycles. The summed E-state index contributed by atoms with van der Waals surface area (Å²) in [5, 5.41) is 9.43. The largest absolute Gasteiger partial charge is 0.403 e. The maximum Gasteiger partial charge on any atom is 0.340 e. The zero-order chi connectivity index (χ0) is 34.9. The Morgan fingerprint density at radius 3 is 1.26 bits per heavy atom. The van der Waals surface area contributed by atoms with Crippen LogP contribution in [-0.2, 0) is 43.3 Å². The third kappa shape index (κ3) is 5.70. The average Bonchev–Trinajstić information content (AvgIpc) is 3.33. The van der Waals surface area contributed by atoms with Gasteiger partial charge in [0.2, 0.25) is 6.41 Å². The lowest BCUT2D eigenvalue weighted by atomic mass is 9.85. The van der Waals surface area contributed by atoms with Crippen LogP contribution in [0.2, 0.25) is 0 Å². The van der Waals surface area contributed by atoms with E-state index in [9.17, 15) is 4.79 Å². The number of hydrogen-bond donors (Lipinski definition) is 1. The molecule has 5 heteroatoms. The Balaban J connectivity index is 1.80. The summed E-state index contributed by atoms with van der Waals surface area (Å²) in [5.74, 6) is 0. The van der Waals surface area contributed by atoms with E-state index in [1.54, 1.807) is 0 Å². The van der Waals surface area contributed by atoms with Gasteiger partial charge in [0.15, 0.2) is 11.2 Å². The Hall–Kier alpha value is -4.79. The average molecular weight is 680 g/mol. The first-order valence-electron chi connectivity index (χ1n) is 18.3. The number of fused-ring (bicyclic) bond motifs is 7. The number of rotatable bonds is 10. The molecule has 0 bridgehead atoms. The van der Waals surface area contributed by atoms with Crippen LogP contribution < -0.4 is 5.09 Å². The van der Waals surface area contributed by atoms with Crippen LogP contribution in [0.4, 0.5) is 0 Å². The Bertz CT molecular complexity index is 2240. The fourth-order valence-corrected chi connectivity index (χ4v) is 8.83. The molecule has 0 atom stereocenters. The van der Waals surface area contributed by atoms with E-state index in [-0.39, 0.29) is 0 Å². The summed E-state index contributed by atoms with van der Waals surface area (Å²) in [6.07, 6.45) is 6.25. The second-order valence-corrected chi connectivity index (χ2v) is 14.2. The fourth-order valence-electron chi connectivity index (χ4n) is 7.89. The van der Waals surface area contributed by atoms with E-state index in [1.807, 2.05) is 0 Å². The Morgan fingerprint density at radius 2 is 0.920 bits per heavy atom. The summed E-state index contributed by atoms with van der Waals surface area (Å²) in [7, 11) is -1.89. The predicted molar refractivity (Wildman–Crippen MR) is 214 cm³/mol. The Labute approximate surface area is 296 Å². The molecule has 1 amide bonds. The van der Waals surface area contributed by atoms with Crippen LogP contribution in [0.15, 0.2) is 93.3 Å². The number of carbonyl (C=O) groups is 1. The number of hydrogen-bond acceptors (Lipinski definition) is 3. The molecule has 0 aliphatic rings. The van der Waals surface area contributed by atoms with Crippen molar-refractivity contribution >= 4 is 58.1 Å². The van der Waals surface area contributed by atoms with Crippen LogP contribution in [-0.4, -0.2) is 6.41 Å². The zero-order valence-electron chi connectivity index (χ0n) is 30.1. The van der Waals surface area contributed by atoms with Crippen molar-refractivity contribution in [3.05, 3.63) is 118 Å². The first kappa shape index (κ1) is 33.7. The van der Waals surface area contributed by atoms with Gasteiger partial charge in [-0.25, -0.2) is 0 Å². The SMILES string of the molecule is CCc1cc(CC)c(-c2cc3ccccc3c3c2op(NC=O)oc2c(-c4c(CC)cc(CC)cc4CC)cc4ccccc4c23)c(CC)c1. The van der Waals surface area contributed by atoms with Gasteiger partial charge in [0.05, 0.1) is 0 Å². The molecule has 1 N–H and O–H groups in total. The molecule has 6 aromatic carbocycles. The number of amides is 1. The Morgan fingerprint density at radius 1 is 0.540 bits per heavy atom. The lowest BCUT2D eigenvalue weighted by Crippen LogP contribution is -1.99. The quantitative estimate of drug-likeness (QED) is 0.146. The highest BCUT2D eigenvalue weighted by atomic mass is 31.1. The first-order chi connectivity index (χ1) is 24.5. The molecule has 7 aromatic rings.